The van der Waals surface area contributed by atoms with E-state index in [2.05, 4.69) is 27.3 Å². The van der Waals surface area contributed by atoms with Gasteiger partial charge in [-0.2, -0.15) is 5.26 Å². The van der Waals surface area contributed by atoms with Gasteiger partial charge < -0.3 is 9.88 Å². The molecule has 0 aliphatic carbocycles. The fourth-order valence-corrected chi connectivity index (χ4v) is 2.24. The van der Waals surface area contributed by atoms with E-state index in [0.717, 1.165) is 28.0 Å². The largest absolute Gasteiger partial charge is 0.381 e. The van der Waals surface area contributed by atoms with Crippen LogP contribution in [0.1, 0.15) is 17.0 Å². The molecule has 0 bridgehead atoms. The van der Waals surface area contributed by atoms with Crippen LogP contribution in [0.4, 0.5) is 5.69 Å². The second-order valence-electron chi connectivity index (χ2n) is 4.17. The molecular weight excluding hydrogens is 290 g/mol. The Bertz CT molecular complexity index is 608. The van der Waals surface area contributed by atoms with Crippen LogP contribution >= 0.6 is 15.9 Å². The molecule has 92 valence electrons. The summed E-state index contributed by atoms with van der Waals surface area (Å²) in [5.74, 6) is 0. The van der Waals surface area contributed by atoms with Crippen molar-refractivity contribution in [2.75, 3.05) is 5.32 Å². The van der Waals surface area contributed by atoms with Crippen molar-refractivity contribution >= 4 is 21.6 Å². The molecule has 1 aromatic carbocycles. The summed E-state index contributed by atoms with van der Waals surface area (Å²) in [7, 11) is 1.91. The van der Waals surface area contributed by atoms with Crippen molar-refractivity contribution in [3.63, 3.8) is 0 Å². The van der Waals surface area contributed by atoms with E-state index in [4.69, 9.17) is 5.26 Å². The Labute approximate surface area is 115 Å². The SMILES string of the molecule is Cc1c(CNc2cccc(Br)c2)cc(C#N)n1C. The van der Waals surface area contributed by atoms with Crippen molar-refractivity contribution in [2.45, 2.75) is 13.5 Å². The number of hydrogen-bond donors (Lipinski definition) is 1. The molecular formula is C14H14BrN3. The molecule has 0 saturated carbocycles. The molecule has 1 heterocycles. The molecule has 0 atom stereocenters. The maximum absolute atomic E-state index is 8.98. The lowest BCUT2D eigenvalue weighted by atomic mass is 10.2. The molecule has 1 aromatic heterocycles. The minimum absolute atomic E-state index is 0.693. The van der Waals surface area contributed by atoms with Crippen LogP contribution in [0, 0.1) is 18.3 Å². The molecule has 1 N–H and O–H groups in total. The molecule has 0 amide bonds. The van der Waals surface area contributed by atoms with E-state index < -0.39 is 0 Å². The summed E-state index contributed by atoms with van der Waals surface area (Å²) in [6.45, 7) is 2.75. The van der Waals surface area contributed by atoms with E-state index in [-0.39, 0.29) is 0 Å². The maximum atomic E-state index is 8.98. The fourth-order valence-electron chi connectivity index (χ4n) is 1.84. The molecule has 2 rings (SSSR count). The van der Waals surface area contributed by atoms with Crippen LogP contribution in [0.15, 0.2) is 34.8 Å². The molecule has 0 spiro atoms. The maximum Gasteiger partial charge on any atom is 0.120 e. The number of benzene rings is 1. The lowest BCUT2D eigenvalue weighted by Gasteiger charge is -2.07. The van der Waals surface area contributed by atoms with Gasteiger partial charge in [0.2, 0.25) is 0 Å². The minimum Gasteiger partial charge on any atom is -0.381 e. The lowest BCUT2D eigenvalue weighted by molar-refractivity contribution is 0.856. The van der Waals surface area contributed by atoms with Crippen LogP contribution in [0.25, 0.3) is 0 Å². The molecule has 4 heteroatoms. The first kappa shape index (κ1) is 12.7. The van der Waals surface area contributed by atoms with E-state index in [1.807, 2.05) is 48.9 Å². The van der Waals surface area contributed by atoms with Gasteiger partial charge in [0.15, 0.2) is 0 Å². The van der Waals surface area contributed by atoms with Crippen molar-refractivity contribution < 1.29 is 0 Å². The lowest BCUT2D eigenvalue weighted by Crippen LogP contribution is -2.01. The second-order valence-corrected chi connectivity index (χ2v) is 5.09. The van der Waals surface area contributed by atoms with Crippen molar-refractivity contribution in [3.8, 4) is 6.07 Å². The molecule has 0 aliphatic rings. The topological polar surface area (TPSA) is 40.8 Å². The van der Waals surface area contributed by atoms with Crippen LogP contribution < -0.4 is 5.32 Å². The molecule has 18 heavy (non-hydrogen) atoms. The third kappa shape index (κ3) is 2.57. The van der Waals surface area contributed by atoms with E-state index in [1.54, 1.807) is 0 Å². The summed E-state index contributed by atoms with van der Waals surface area (Å²) in [5, 5.41) is 12.3. The van der Waals surface area contributed by atoms with Gasteiger partial charge in [0.1, 0.15) is 11.8 Å². The summed E-state index contributed by atoms with van der Waals surface area (Å²) >= 11 is 3.44. The van der Waals surface area contributed by atoms with Crippen LogP contribution in [-0.2, 0) is 13.6 Å². The third-order valence-electron chi connectivity index (χ3n) is 3.06. The first-order valence-electron chi connectivity index (χ1n) is 5.66. The van der Waals surface area contributed by atoms with Gasteiger partial charge in [0.05, 0.1) is 0 Å². The normalized spacial score (nSPS) is 10.1. The Morgan fingerprint density at radius 2 is 2.17 bits per heavy atom. The summed E-state index contributed by atoms with van der Waals surface area (Å²) in [4.78, 5) is 0. The number of halogens is 1. The van der Waals surface area contributed by atoms with Gasteiger partial charge in [-0.3, -0.25) is 0 Å². The Kier molecular flexibility index (Phi) is 3.73. The van der Waals surface area contributed by atoms with Crippen molar-refractivity contribution in [1.29, 1.82) is 5.26 Å². The highest BCUT2D eigenvalue weighted by Gasteiger charge is 2.08. The quantitative estimate of drug-likeness (QED) is 0.941. The summed E-state index contributed by atoms with van der Waals surface area (Å²) in [6.07, 6.45) is 0. The second kappa shape index (κ2) is 5.28. The number of anilines is 1. The highest BCUT2D eigenvalue weighted by molar-refractivity contribution is 9.10. The zero-order valence-corrected chi connectivity index (χ0v) is 12.0. The average Bonchev–Trinajstić information content (AvgIpc) is 2.64. The number of hydrogen-bond acceptors (Lipinski definition) is 2. The summed E-state index contributed by atoms with van der Waals surface area (Å²) in [6, 6.07) is 12.2. The number of nitrogens with one attached hydrogen (secondary N) is 1. The average molecular weight is 304 g/mol. The Balaban J connectivity index is 2.14. The Morgan fingerprint density at radius 3 is 2.78 bits per heavy atom. The monoisotopic (exact) mass is 303 g/mol. The fraction of sp³-hybridized carbons (Fsp3) is 0.214. The molecule has 2 aromatic rings. The first-order valence-corrected chi connectivity index (χ1v) is 6.46. The molecule has 0 fully saturated rings. The highest BCUT2D eigenvalue weighted by atomic mass is 79.9. The van der Waals surface area contributed by atoms with E-state index in [1.165, 1.54) is 0 Å². The van der Waals surface area contributed by atoms with Gasteiger partial charge in [-0.05, 0) is 36.8 Å². The highest BCUT2D eigenvalue weighted by Crippen LogP contribution is 2.18. The van der Waals surface area contributed by atoms with E-state index in [9.17, 15) is 0 Å². The van der Waals surface area contributed by atoms with Crippen molar-refractivity contribution in [2.24, 2.45) is 7.05 Å². The molecule has 0 unspecified atom stereocenters. The van der Waals surface area contributed by atoms with E-state index in [0.29, 0.717) is 5.69 Å². The predicted molar refractivity (Wildman–Crippen MR) is 76.3 cm³/mol. The smallest absolute Gasteiger partial charge is 0.120 e. The standard InChI is InChI=1S/C14H14BrN3/c1-10-11(6-14(8-16)18(10)2)9-17-13-5-3-4-12(15)7-13/h3-7,17H,9H2,1-2H3. The molecule has 0 radical (unpaired) electrons. The van der Waals surface area contributed by atoms with E-state index >= 15 is 0 Å². The van der Waals surface area contributed by atoms with Crippen LogP contribution in [0.2, 0.25) is 0 Å². The van der Waals surface area contributed by atoms with Crippen molar-refractivity contribution in [1.82, 2.24) is 4.57 Å². The third-order valence-corrected chi connectivity index (χ3v) is 3.56. The van der Waals surface area contributed by atoms with Crippen LogP contribution in [0.3, 0.4) is 0 Å². The molecule has 3 nitrogen and oxygen atoms in total. The van der Waals surface area contributed by atoms with Gasteiger partial charge in [-0.25, -0.2) is 0 Å². The number of nitrogens with zero attached hydrogens (tertiary/aromatic N) is 2. The number of nitriles is 1. The summed E-state index contributed by atoms with van der Waals surface area (Å²) in [5.41, 5.74) is 4.02. The molecule has 0 saturated heterocycles. The number of aromatic nitrogens is 1. The number of rotatable bonds is 3. The van der Waals surface area contributed by atoms with Gasteiger partial charge in [0.25, 0.3) is 0 Å². The zero-order valence-electron chi connectivity index (χ0n) is 10.4. The predicted octanol–water partition coefficient (Wildman–Crippen LogP) is 3.58. The van der Waals surface area contributed by atoms with Gasteiger partial charge in [-0.1, -0.05) is 22.0 Å². The van der Waals surface area contributed by atoms with Gasteiger partial charge >= 0.3 is 0 Å². The minimum atomic E-state index is 0.693. The van der Waals surface area contributed by atoms with Gasteiger partial charge in [0, 0.05) is 29.4 Å². The Morgan fingerprint density at radius 1 is 1.39 bits per heavy atom. The van der Waals surface area contributed by atoms with Crippen LogP contribution in [-0.4, -0.2) is 4.57 Å². The van der Waals surface area contributed by atoms with Crippen LogP contribution in [0.5, 0.6) is 0 Å². The zero-order chi connectivity index (χ0) is 13.1. The molecule has 0 aliphatic heterocycles. The summed E-state index contributed by atoms with van der Waals surface area (Å²) < 4.78 is 2.97. The van der Waals surface area contributed by atoms with Crippen molar-refractivity contribution in [3.05, 3.63) is 51.8 Å². The van der Waals surface area contributed by atoms with Gasteiger partial charge in [-0.15, -0.1) is 0 Å². The Hall–Kier alpha value is -1.73. The first-order chi connectivity index (χ1) is 8.61.